The third-order valence-corrected chi connectivity index (χ3v) is 5.22. The first-order chi connectivity index (χ1) is 12.9. The van der Waals surface area contributed by atoms with E-state index in [0.717, 1.165) is 16.7 Å². The summed E-state index contributed by atoms with van der Waals surface area (Å²) in [6.45, 7) is 4.12. The monoisotopic (exact) mass is 400 g/mol. The van der Waals surface area contributed by atoms with Gasteiger partial charge < -0.3 is 4.90 Å². The van der Waals surface area contributed by atoms with E-state index in [0.29, 0.717) is 15.6 Å². The Morgan fingerprint density at radius 3 is 2.67 bits per heavy atom. The summed E-state index contributed by atoms with van der Waals surface area (Å²) in [5, 5.41) is 7.78. The van der Waals surface area contributed by atoms with Gasteiger partial charge in [-0.05, 0) is 49.8 Å². The van der Waals surface area contributed by atoms with E-state index in [1.54, 1.807) is 16.5 Å². The molecule has 0 spiro atoms. The molecule has 3 aromatic rings. The number of benzene rings is 2. The van der Waals surface area contributed by atoms with Crippen molar-refractivity contribution in [2.45, 2.75) is 26.4 Å². The summed E-state index contributed by atoms with van der Waals surface area (Å²) < 4.78 is 2.16. The lowest BCUT2D eigenvalue weighted by atomic mass is 10.1. The number of rotatable bonds is 5. The minimum absolute atomic E-state index is 0.0520. The molecular weight excluding hydrogens is 380 g/mol. The number of likely N-dealkylation sites (N-methyl/N-ethyl adjacent to an activating group) is 1. The van der Waals surface area contributed by atoms with Crippen molar-refractivity contribution in [3.05, 3.63) is 69.5 Å². The summed E-state index contributed by atoms with van der Waals surface area (Å²) in [4.78, 5) is 14.6. The maximum absolute atomic E-state index is 12.9. The predicted octanol–water partition coefficient (Wildman–Crippen LogP) is 4.79. The van der Waals surface area contributed by atoms with Crippen molar-refractivity contribution in [3.63, 3.8) is 0 Å². The van der Waals surface area contributed by atoms with Gasteiger partial charge in [-0.15, -0.1) is 0 Å². The van der Waals surface area contributed by atoms with Gasteiger partial charge >= 0.3 is 0 Å². The van der Waals surface area contributed by atoms with Gasteiger partial charge in [0.15, 0.2) is 10.6 Å². The van der Waals surface area contributed by atoms with Crippen LogP contribution in [0.1, 0.15) is 24.1 Å². The smallest absolute Gasteiger partial charge is 0.242 e. The summed E-state index contributed by atoms with van der Waals surface area (Å²) >= 11 is 11.3. The molecule has 7 heteroatoms. The van der Waals surface area contributed by atoms with Crippen LogP contribution in [0.3, 0.4) is 0 Å². The topological polar surface area (TPSA) is 53.9 Å². The Balaban J connectivity index is 1.83. The molecule has 1 unspecified atom stereocenters. The number of aromatic amines is 1. The summed E-state index contributed by atoms with van der Waals surface area (Å²) in [6, 6.07) is 15.4. The van der Waals surface area contributed by atoms with Crippen LogP contribution < -0.4 is 0 Å². The number of nitrogens with one attached hydrogen (secondary N) is 1. The van der Waals surface area contributed by atoms with Crippen LogP contribution in [0.25, 0.3) is 11.4 Å². The molecule has 1 heterocycles. The number of amides is 1. The molecule has 27 heavy (non-hydrogen) atoms. The lowest BCUT2D eigenvalue weighted by molar-refractivity contribution is -0.132. The molecule has 1 amide bonds. The summed E-state index contributed by atoms with van der Waals surface area (Å²) in [5.41, 5.74) is 3.06. The molecular formula is C20H21ClN4OS. The van der Waals surface area contributed by atoms with E-state index in [4.69, 9.17) is 23.8 Å². The van der Waals surface area contributed by atoms with Crippen LogP contribution in [0.2, 0.25) is 5.02 Å². The number of hydrogen-bond acceptors (Lipinski definition) is 3. The molecule has 0 saturated carbocycles. The number of H-pyrrole nitrogens is 1. The molecule has 0 fully saturated rings. The number of carbonyl (C=O) groups is 1. The molecule has 0 saturated heterocycles. The van der Waals surface area contributed by atoms with Gasteiger partial charge in [0.1, 0.15) is 6.54 Å². The summed E-state index contributed by atoms with van der Waals surface area (Å²) in [6.07, 6.45) is 0. The van der Waals surface area contributed by atoms with Crippen LogP contribution >= 0.6 is 23.8 Å². The third-order valence-electron chi connectivity index (χ3n) is 4.65. The van der Waals surface area contributed by atoms with Gasteiger partial charge in [-0.2, -0.15) is 5.10 Å². The molecule has 0 bridgehead atoms. The van der Waals surface area contributed by atoms with E-state index < -0.39 is 0 Å². The molecule has 0 radical (unpaired) electrons. The van der Waals surface area contributed by atoms with Gasteiger partial charge in [0.05, 0.1) is 6.04 Å². The molecule has 1 atom stereocenters. The Bertz CT molecular complexity index is 1010. The molecule has 140 valence electrons. The van der Waals surface area contributed by atoms with Crippen molar-refractivity contribution in [1.29, 1.82) is 0 Å². The normalized spacial score (nSPS) is 12.0. The Labute approximate surface area is 168 Å². The Hall–Kier alpha value is -2.44. The predicted molar refractivity (Wildman–Crippen MR) is 110 cm³/mol. The average molecular weight is 401 g/mol. The van der Waals surface area contributed by atoms with E-state index >= 15 is 0 Å². The maximum atomic E-state index is 12.9. The zero-order valence-corrected chi connectivity index (χ0v) is 17.0. The number of carbonyl (C=O) groups excluding carboxylic acids is 1. The van der Waals surface area contributed by atoms with Crippen molar-refractivity contribution >= 4 is 29.7 Å². The lowest BCUT2D eigenvalue weighted by Gasteiger charge is -2.26. The lowest BCUT2D eigenvalue weighted by Crippen LogP contribution is -2.32. The van der Waals surface area contributed by atoms with Crippen molar-refractivity contribution in [3.8, 4) is 11.4 Å². The summed E-state index contributed by atoms with van der Waals surface area (Å²) in [5.74, 6) is 0.605. The SMILES string of the molecule is Cc1cccc(-c2n[nH]c(=S)n2CC(=O)N(C)C(C)c2ccc(Cl)cc2)c1. The molecule has 0 aliphatic rings. The van der Waals surface area contributed by atoms with Crippen LogP contribution in [0.15, 0.2) is 48.5 Å². The van der Waals surface area contributed by atoms with Gasteiger partial charge in [0.2, 0.25) is 5.91 Å². The van der Waals surface area contributed by atoms with Gasteiger partial charge in [0, 0.05) is 17.6 Å². The van der Waals surface area contributed by atoms with Gasteiger partial charge in [-0.3, -0.25) is 14.5 Å². The highest BCUT2D eigenvalue weighted by atomic mass is 35.5. The number of nitrogens with zero attached hydrogens (tertiary/aromatic N) is 3. The highest BCUT2D eigenvalue weighted by molar-refractivity contribution is 7.71. The molecule has 1 aromatic heterocycles. The highest BCUT2D eigenvalue weighted by Crippen LogP contribution is 2.22. The molecule has 5 nitrogen and oxygen atoms in total. The second kappa shape index (κ2) is 8.06. The fraction of sp³-hybridized carbons (Fsp3) is 0.250. The third kappa shape index (κ3) is 4.28. The molecule has 0 aliphatic carbocycles. The standard InChI is InChI=1S/C20H21ClN4OS/c1-13-5-4-6-16(11-13)19-22-23-20(27)25(19)12-18(26)24(3)14(2)15-7-9-17(21)10-8-15/h4-11,14H,12H2,1-3H3,(H,23,27). The minimum atomic E-state index is -0.0849. The number of halogens is 1. The molecule has 3 rings (SSSR count). The molecule has 2 aromatic carbocycles. The van der Waals surface area contributed by atoms with E-state index in [1.165, 1.54) is 0 Å². The molecule has 0 aliphatic heterocycles. The van der Waals surface area contributed by atoms with Crippen LogP contribution in [0, 0.1) is 11.7 Å². The second-order valence-electron chi connectivity index (χ2n) is 6.54. The average Bonchev–Trinajstić information content (AvgIpc) is 3.01. The van der Waals surface area contributed by atoms with E-state index in [2.05, 4.69) is 10.2 Å². The van der Waals surface area contributed by atoms with Gasteiger partial charge in [0.25, 0.3) is 0 Å². The largest absolute Gasteiger partial charge is 0.337 e. The quantitative estimate of drug-likeness (QED) is 0.626. The second-order valence-corrected chi connectivity index (χ2v) is 7.36. The van der Waals surface area contributed by atoms with E-state index in [9.17, 15) is 4.79 Å². The fourth-order valence-electron chi connectivity index (χ4n) is 2.90. The van der Waals surface area contributed by atoms with E-state index in [1.807, 2.05) is 62.4 Å². The zero-order chi connectivity index (χ0) is 19.6. The zero-order valence-electron chi connectivity index (χ0n) is 15.4. The minimum Gasteiger partial charge on any atom is -0.337 e. The maximum Gasteiger partial charge on any atom is 0.242 e. The first kappa shape index (κ1) is 19.3. The summed E-state index contributed by atoms with van der Waals surface area (Å²) in [7, 11) is 1.79. The van der Waals surface area contributed by atoms with Crippen molar-refractivity contribution in [2.75, 3.05) is 7.05 Å². The van der Waals surface area contributed by atoms with Crippen molar-refractivity contribution in [2.24, 2.45) is 0 Å². The highest BCUT2D eigenvalue weighted by Gasteiger charge is 2.20. The number of aryl methyl sites for hydroxylation is 1. The van der Waals surface area contributed by atoms with E-state index in [-0.39, 0.29) is 18.5 Å². The number of hydrogen-bond donors (Lipinski definition) is 1. The first-order valence-corrected chi connectivity index (χ1v) is 9.39. The van der Waals surface area contributed by atoms with Crippen LogP contribution in [-0.4, -0.2) is 32.6 Å². The molecule has 1 N–H and O–H groups in total. The van der Waals surface area contributed by atoms with Crippen molar-refractivity contribution in [1.82, 2.24) is 19.7 Å². The van der Waals surface area contributed by atoms with Gasteiger partial charge in [-0.1, -0.05) is 47.5 Å². The fourth-order valence-corrected chi connectivity index (χ4v) is 3.22. The number of aromatic nitrogens is 3. The Morgan fingerprint density at radius 1 is 1.30 bits per heavy atom. The Morgan fingerprint density at radius 2 is 2.00 bits per heavy atom. The van der Waals surface area contributed by atoms with Crippen molar-refractivity contribution < 1.29 is 4.79 Å². The van der Waals surface area contributed by atoms with Crippen LogP contribution in [0.4, 0.5) is 0 Å². The first-order valence-electron chi connectivity index (χ1n) is 8.60. The van der Waals surface area contributed by atoms with Crippen LogP contribution in [0.5, 0.6) is 0 Å². The van der Waals surface area contributed by atoms with Crippen LogP contribution in [-0.2, 0) is 11.3 Å². The Kier molecular flexibility index (Phi) is 5.77. The van der Waals surface area contributed by atoms with Gasteiger partial charge in [-0.25, -0.2) is 0 Å².